The van der Waals surface area contributed by atoms with E-state index < -0.39 is 11.4 Å². The summed E-state index contributed by atoms with van der Waals surface area (Å²) >= 11 is 5.92. The van der Waals surface area contributed by atoms with Crippen LogP contribution in [0.4, 0.5) is 10.3 Å². The average Bonchev–Trinajstić information content (AvgIpc) is 2.69. The van der Waals surface area contributed by atoms with Gasteiger partial charge < -0.3 is 19.4 Å². The largest absolute Gasteiger partial charge is 0.494 e. The van der Waals surface area contributed by atoms with Gasteiger partial charge in [0.15, 0.2) is 0 Å². The Balaban J connectivity index is 2.00. The van der Waals surface area contributed by atoms with E-state index in [1.807, 2.05) is 19.1 Å². The number of allylic oxidation sites excluding steroid dienone is 3. The minimum absolute atomic E-state index is 0.0330. The summed E-state index contributed by atoms with van der Waals surface area (Å²) < 4.78 is 26.1. The van der Waals surface area contributed by atoms with E-state index in [0.717, 1.165) is 23.4 Å². The van der Waals surface area contributed by atoms with E-state index in [0.29, 0.717) is 19.1 Å². The van der Waals surface area contributed by atoms with Crippen molar-refractivity contribution in [1.82, 2.24) is 9.55 Å². The highest BCUT2D eigenvalue weighted by Gasteiger charge is 2.27. The second-order valence-electron chi connectivity index (χ2n) is 7.62. The molecule has 0 bridgehead atoms. The quantitative estimate of drug-likeness (QED) is 0.683. The van der Waals surface area contributed by atoms with Gasteiger partial charge in [-0.05, 0) is 43.2 Å². The molecule has 0 aliphatic heterocycles. The number of ether oxygens (including phenoxy) is 2. The van der Waals surface area contributed by atoms with Crippen LogP contribution >= 0.6 is 11.6 Å². The lowest BCUT2D eigenvalue weighted by molar-refractivity contribution is 0.234. The molecule has 2 aromatic rings. The third-order valence-electron chi connectivity index (χ3n) is 4.91. The lowest BCUT2D eigenvalue weighted by Crippen LogP contribution is -2.27. The van der Waals surface area contributed by atoms with Gasteiger partial charge in [0, 0.05) is 11.1 Å². The van der Waals surface area contributed by atoms with E-state index in [4.69, 9.17) is 21.1 Å². The van der Waals surface area contributed by atoms with Crippen LogP contribution in [-0.4, -0.2) is 23.3 Å². The van der Waals surface area contributed by atoms with Crippen LogP contribution in [0.1, 0.15) is 32.8 Å². The fourth-order valence-corrected chi connectivity index (χ4v) is 3.33. The Labute approximate surface area is 180 Å². The molecule has 0 amide bonds. The lowest BCUT2D eigenvalue weighted by atomic mass is 9.82. The van der Waals surface area contributed by atoms with Gasteiger partial charge in [-0.3, -0.25) is 4.79 Å². The zero-order valence-electron chi connectivity index (χ0n) is 17.5. The van der Waals surface area contributed by atoms with Gasteiger partial charge in [0.1, 0.15) is 11.6 Å². The van der Waals surface area contributed by atoms with Gasteiger partial charge in [0.25, 0.3) is 0 Å². The first-order valence-corrected chi connectivity index (χ1v) is 10.0. The van der Waals surface area contributed by atoms with Crippen molar-refractivity contribution in [2.45, 2.75) is 33.7 Å². The second kappa shape index (κ2) is 8.92. The van der Waals surface area contributed by atoms with Crippen LogP contribution < -0.4 is 15.6 Å². The highest BCUT2D eigenvalue weighted by atomic mass is 35.5. The van der Waals surface area contributed by atoms with Crippen LogP contribution in [-0.2, 0) is 11.3 Å². The van der Waals surface area contributed by atoms with E-state index in [1.165, 1.54) is 13.2 Å². The van der Waals surface area contributed by atoms with E-state index in [1.54, 1.807) is 22.9 Å². The number of nitrogens with zero attached hydrogens (tertiary/aromatic N) is 2. The van der Waals surface area contributed by atoms with Crippen molar-refractivity contribution in [3.8, 4) is 5.75 Å². The average molecular weight is 434 g/mol. The summed E-state index contributed by atoms with van der Waals surface area (Å²) in [6, 6.07) is 4.49. The first-order chi connectivity index (χ1) is 14.2. The summed E-state index contributed by atoms with van der Waals surface area (Å²) in [6.07, 6.45) is 6.31. The van der Waals surface area contributed by atoms with Crippen molar-refractivity contribution in [2.75, 3.05) is 19.0 Å². The number of aromatic nitrogens is 2. The number of rotatable bonds is 7. The molecule has 1 aromatic heterocycles. The Bertz CT molecular complexity index is 1060. The van der Waals surface area contributed by atoms with E-state index in [2.05, 4.69) is 24.1 Å². The molecule has 3 rings (SSSR count). The molecule has 8 heteroatoms. The Morgan fingerprint density at radius 1 is 1.37 bits per heavy atom. The fourth-order valence-electron chi connectivity index (χ4n) is 3.12. The Morgan fingerprint density at radius 3 is 2.80 bits per heavy atom. The standard InChI is InChI=1S/C22H25ClFN3O3/c1-5-30-15-8-9-22(2,3)19(11-15)25-21-26-20(28)18(29-4)13-27(21)12-14-6-7-17(24)16(23)10-14/h6-8,10-11,13H,5,9,12H2,1-4H3,(H,25,26,28). The SMILES string of the molecule is CCOC1=CCC(C)(C)C(Nc2nc(=O)c(OC)cn2Cc2ccc(F)c(Cl)c2)=C1. The number of halogens is 2. The molecule has 0 atom stereocenters. The highest BCUT2D eigenvalue weighted by Crippen LogP contribution is 2.36. The molecule has 0 unspecified atom stereocenters. The summed E-state index contributed by atoms with van der Waals surface area (Å²) in [7, 11) is 1.41. The smallest absolute Gasteiger partial charge is 0.316 e. The summed E-state index contributed by atoms with van der Waals surface area (Å²) in [4.78, 5) is 16.5. The zero-order valence-corrected chi connectivity index (χ0v) is 18.2. The minimum Gasteiger partial charge on any atom is -0.494 e. The molecule has 6 nitrogen and oxygen atoms in total. The third-order valence-corrected chi connectivity index (χ3v) is 5.20. The molecule has 0 saturated carbocycles. The summed E-state index contributed by atoms with van der Waals surface area (Å²) in [6.45, 7) is 6.99. The minimum atomic E-state index is -0.487. The van der Waals surface area contributed by atoms with Gasteiger partial charge in [0.05, 0.1) is 31.5 Å². The normalized spacial score (nSPS) is 15.3. The maximum absolute atomic E-state index is 13.5. The van der Waals surface area contributed by atoms with Crippen LogP contribution in [0.15, 0.2) is 52.8 Å². The molecule has 1 aliphatic carbocycles. The molecular weight excluding hydrogens is 409 g/mol. The Morgan fingerprint density at radius 2 is 2.13 bits per heavy atom. The van der Waals surface area contributed by atoms with Gasteiger partial charge in [-0.25, -0.2) is 4.39 Å². The summed E-state index contributed by atoms with van der Waals surface area (Å²) in [5.74, 6) is 0.740. The van der Waals surface area contributed by atoms with Crippen LogP contribution in [0.5, 0.6) is 5.75 Å². The molecule has 0 saturated heterocycles. The van der Waals surface area contributed by atoms with E-state index >= 15 is 0 Å². The molecule has 1 aliphatic rings. The number of anilines is 1. The molecule has 1 N–H and O–H groups in total. The second-order valence-corrected chi connectivity index (χ2v) is 8.03. The number of methoxy groups -OCH3 is 1. The van der Waals surface area contributed by atoms with Gasteiger partial charge in [-0.2, -0.15) is 4.98 Å². The predicted molar refractivity (Wildman–Crippen MR) is 115 cm³/mol. The van der Waals surface area contributed by atoms with Crippen LogP contribution in [0, 0.1) is 11.2 Å². The Hall–Kier alpha value is -2.80. The molecule has 1 heterocycles. The van der Waals surface area contributed by atoms with Crippen LogP contribution in [0.3, 0.4) is 0 Å². The van der Waals surface area contributed by atoms with Crippen molar-refractivity contribution >= 4 is 17.5 Å². The van der Waals surface area contributed by atoms with Gasteiger partial charge in [-0.15, -0.1) is 0 Å². The van der Waals surface area contributed by atoms with Crippen molar-refractivity contribution in [2.24, 2.45) is 5.41 Å². The highest BCUT2D eigenvalue weighted by molar-refractivity contribution is 6.30. The molecule has 0 spiro atoms. The van der Waals surface area contributed by atoms with Crippen molar-refractivity contribution in [1.29, 1.82) is 0 Å². The van der Waals surface area contributed by atoms with Gasteiger partial charge >= 0.3 is 5.56 Å². The molecule has 30 heavy (non-hydrogen) atoms. The molecule has 160 valence electrons. The molecule has 0 radical (unpaired) electrons. The first-order valence-electron chi connectivity index (χ1n) is 9.65. The number of nitrogens with one attached hydrogen (secondary N) is 1. The van der Waals surface area contributed by atoms with Crippen molar-refractivity contribution < 1.29 is 13.9 Å². The van der Waals surface area contributed by atoms with E-state index in [9.17, 15) is 9.18 Å². The lowest BCUT2D eigenvalue weighted by Gasteiger charge is -2.31. The van der Waals surface area contributed by atoms with Gasteiger partial charge in [0.2, 0.25) is 11.7 Å². The maximum Gasteiger partial charge on any atom is 0.316 e. The van der Waals surface area contributed by atoms with E-state index in [-0.39, 0.29) is 16.2 Å². The van der Waals surface area contributed by atoms with Crippen molar-refractivity contribution in [3.05, 3.63) is 74.8 Å². The number of hydrogen-bond acceptors (Lipinski definition) is 5. The first kappa shape index (κ1) is 21.9. The molecule has 0 fully saturated rings. The fraction of sp³-hybridized carbons (Fsp3) is 0.364. The monoisotopic (exact) mass is 433 g/mol. The number of hydrogen-bond donors (Lipinski definition) is 1. The van der Waals surface area contributed by atoms with Crippen LogP contribution in [0.25, 0.3) is 0 Å². The third kappa shape index (κ3) is 4.84. The number of benzene rings is 1. The van der Waals surface area contributed by atoms with Gasteiger partial charge in [-0.1, -0.05) is 31.5 Å². The summed E-state index contributed by atoms with van der Waals surface area (Å²) in [5, 5.41) is 3.33. The topological polar surface area (TPSA) is 65.4 Å². The van der Waals surface area contributed by atoms with Crippen LogP contribution in [0.2, 0.25) is 5.02 Å². The molecule has 1 aromatic carbocycles. The predicted octanol–water partition coefficient (Wildman–Crippen LogP) is 4.74. The zero-order chi connectivity index (χ0) is 21.9. The maximum atomic E-state index is 13.5. The Kier molecular flexibility index (Phi) is 6.51. The van der Waals surface area contributed by atoms with Crippen molar-refractivity contribution in [3.63, 3.8) is 0 Å². The molecular formula is C22H25ClFN3O3. The summed E-state index contributed by atoms with van der Waals surface area (Å²) in [5.41, 5.74) is 0.936.